The molecule has 1 amide bonds. The number of rotatable bonds is 7. The third-order valence-corrected chi connectivity index (χ3v) is 5.78. The number of aromatic nitrogens is 6. The van der Waals surface area contributed by atoms with Crippen molar-refractivity contribution < 1.29 is 4.79 Å². The summed E-state index contributed by atoms with van der Waals surface area (Å²) in [5.41, 5.74) is 2.65. The van der Waals surface area contributed by atoms with E-state index in [1.807, 2.05) is 42.6 Å². The van der Waals surface area contributed by atoms with Crippen LogP contribution < -0.4 is 5.32 Å². The SMILES string of the molecule is O=C(CSc1ccc2nnc(-c3cccnc3)n2n1)NCCn1ccc2ccccc21. The molecule has 0 radical (unpaired) electrons. The minimum absolute atomic E-state index is 0.0282. The number of hydrogen-bond acceptors (Lipinski definition) is 6. The van der Waals surface area contributed by atoms with Crippen LogP contribution in [0.25, 0.3) is 27.9 Å². The number of hydrogen-bond donors (Lipinski definition) is 1. The molecule has 0 aliphatic heterocycles. The smallest absolute Gasteiger partial charge is 0.230 e. The van der Waals surface area contributed by atoms with Crippen LogP contribution in [0, 0.1) is 0 Å². The lowest BCUT2D eigenvalue weighted by Crippen LogP contribution is -2.28. The van der Waals surface area contributed by atoms with Crippen molar-refractivity contribution in [1.29, 1.82) is 0 Å². The van der Waals surface area contributed by atoms with Gasteiger partial charge in [-0.25, -0.2) is 0 Å². The maximum absolute atomic E-state index is 12.3. The molecule has 1 aromatic carbocycles. The Labute approximate surface area is 182 Å². The van der Waals surface area contributed by atoms with Crippen molar-refractivity contribution in [3.05, 3.63) is 73.2 Å². The second kappa shape index (κ2) is 8.57. The average molecular weight is 430 g/mol. The van der Waals surface area contributed by atoms with E-state index in [0.29, 0.717) is 18.0 Å². The normalized spacial score (nSPS) is 11.2. The van der Waals surface area contributed by atoms with Gasteiger partial charge in [-0.05, 0) is 41.8 Å². The summed E-state index contributed by atoms with van der Waals surface area (Å²) in [4.78, 5) is 16.4. The average Bonchev–Trinajstić information content (AvgIpc) is 3.42. The fraction of sp³-hybridized carbons (Fsp3) is 0.136. The molecule has 5 rings (SSSR count). The number of nitrogens with zero attached hydrogens (tertiary/aromatic N) is 6. The standard InChI is InChI=1S/C22H19N7OS/c30-20(24-11-13-28-12-9-16-4-1-2-6-18(16)28)15-31-21-8-7-19-25-26-22(29(19)27-21)17-5-3-10-23-14-17/h1-10,12,14H,11,13,15H2,(H,24,30). The number of pyridine rings is 1. The molecular formula is C22H19N7OS. The topological polar surface area (TPSA) is 90.0 Å². The summed E-state index contributed by atoms with van der Waals surface area (Å²) < 4.78 is 3.82. The molecule has 0 fully saturated rings. The van der Waals surface area contributed by atoms with Gasteiger partial charge >= 0.3 is 0 Å². The van der Waals surface area contributed by atoms with Crippen LogP contribution in [0.15, 0.2) is 78.2 Å². The number of amides is 1. The van der Waals surface area contributed by atoms with Gasteiger partial charge in [-0.1, -0.05) is 30.0 Å². The first kappa shape index (κ1) is 19.3. The monoisotopic (exact) mass is 429 g/mol. The molecule has 0 saturated carbocycles. The molecule has 9 heteroatoms. The van der Waals surface area contributed by atoms with E-state index in [0.717, 1.165) is 17.1 Å². The van der Waals surface area contributed by atoms with Crippen molar-refractivity contribution in [2.45, 2.75) is 11.6 Å². The molecule has 0 aliphatic carbocycles. The number of fused-ring (bicyclic) bond motifs is 2. The molecule has 0 spiro atoms. The molecule has 4 aromatic heterocycles. The Kier molecular flexibility index (Phi) is 5.32. The molecule has 0 saturated heterocycles. The number of nitrogens with one attached hydrogen (secondary N) is 1. The second-order valence-corrected chi connectivity index (χ2v) is 7.91. The summed E-state index contributed by atoms with van der Waals surface area (Å²) in [7, 11) is 0. The largest absolute Gasteiger partial charge is 0.354 e. The van der Waals surface area contributed by atoms with Gasteiger partial charge < -0.3 is 9.88 Å². The number of carbonyl (C=O) groups excluding carboxylic acids is 1. The zero-order valence-electron chi connectivity index (χ0n) is 16.5. The minimum Gasteiger partial charge on any atom is -0.354 e. The maximum Gasteiger partial charge on any atom is 0.230 e. The number of carbonyl (C=O) groups is 1. The Morgan fingerprint density at radius 1 is 1.03 bits per heavy atom. The zero-order chi connectivity index (χ0) is 21.0. The lowest BCUT2D eigenvalue weighted by molar-refractivity contribution is -0.118. The van der Waals surface area contributed by atoms with Crippen LogP contribution >= 0.6 is 11.8 Å². The van der Waals surface area contributed by atoms with Crippen LogP contribution in [0.3, 0.4) is 0 Å². The summed E-state index contributed by atoms with van der Waals surface area (Å²) in [5, 5.41) is 17.8. The van der Waals surface area contributed by atoms with Gasteiger partial charge in [0.2, 0.25) is 5.91 Å². The van der Waals surface area contributed by atoms with Gasteiger partial charge in [0.25, 0.3) is 0 Å². The van der Waals surface area contributed by atoms with E-state index in [4.69, 9.17) is 0 Å². The first-order chi connectivity index (χ1) is 15.3. The van der Waals surface area contributed by atoms with E-state index in [1.165, 1.54) is 22.7 Å². The Balaban J connectivity index is 1.19. The van der Waals surface area contributed by atoms with Crippen LogP contribution in [-0.4, -0.2) is 47.6 Å². The van der Waals surface area contributed by atoms with Crippen LogP contribution in [0.4, 0.5) is 0 Å². The van der Waals surface area contributed by atoms with Crippen LogP contribution in [0.5, 0.6) is 0 Å². The highest BCUT2D eigenvalue weighted by molar-refractivity contribution is 7.99. The van der Waals surface area contributed by atoms with Gasteiger partial charge in [-0.2, -0.15) is 9.61 Å². The fourth-order valence-corrected chi connectivity index (χ4v) is 4.05. The number of benzene rings is 1. The van der Waals surface area contributed by atoms with E-state index in [1.54, 1.807) is 16.9 Å². The first-order valence-corrected chi connectivity index (χ1v) is 10.8. The number of thioether (sulfide) groups is 1. The van der Waals surface area contributed by atoms with Gasteiger partial charge in [-0.3, -0.25) is 9.78 Å². The molecule has 1 N–H and O–H groups in total. The van der Waals surface area contributed by atoms with Crippen LogP contribution in [0.2, 0.25) is 0 Å². The maximum atomic E-state index is 12.3. The van der Waals surface area contributed by atoms with Crippen LogP contribution in [-0.2, 0) is 11.3 Å². The molecule has 0 bridgehead atoms. The van der Waals surface area contributed by atoms with E-state index in [-0.39, 0.29) is 11.7 Å². The van der Waals surface area contributed by atoms with Crippen molar-refractivity contribution >= 4 is 34.2 Å². The predicted octanol–water partition coefficient (Wildman–Crippen LogP) is 3.05. The molecule has 4 heterocycles. The summed E-state index contributed by atoms with van der Waals surface area (Å²) in [6, 6.07) is 17.7. The summed E-state index contributed by atoms with van der Waals surface area (Å²) in [6.45, 7) is 1.30. The molecule has 0 unspecified atom stereocenters. The summed E-state index contributed by atoms with van der Waals surface area (Å²) in [5.74, 6) is 0.878. The quantitative estimate of drug-likeness (QED) is 0.400. The summed E-state index contributed by atoms with van der Waals surface area (Å²) in [6.07, 6.45) is 5.47. The Morgan fingerprint density at radius 3 is 2.87 bits per heavy atom. The van der Waals surface area contributed by atoms with E-state index in [9.17, 15) is 4.79 Å². The third kappa shape index (κ3) is 4.13. The van der Waals surface area contributed by atoms with Crippen molar-refractivity contribution in [2.75, 3.05) is 12.3 Å². The first-order valence-electron chi connectivity index (χ1n) is 9.84. The van der Waals surface area contributed by atoms with E-state index >= 15 is 0 Å². The van der Waals surface area contributed by atoms with Gasteiger partial charge in [0.15, 0.2) is 11.5 Å². The second-order valence-electron chi connectivity index (χ2n) is 6.91. The lowest BCUT2D eigenvalue weighted by atomic mass is 10.2. The fourth-order valence-electron chi connectivity index (χ4n) is 3.37. The predicted molar refractivity (Wildman–Crippen MR) is 120 cm³/mol. The molecule has 0 atom stereocenters. The Bertz CT molecular complexity index is 1350. The molecule has 154 valence electrons. The minimum atomic E-state index is -0.0282. The zero-order valence-corrected chi connectivity index (χ0v) is 17.4. The van der Waals surface area contributed by atoms with Gasteiger partial charge in [-0.15, -0.1) is 10.2 Å². The van der Waals surface area contributed by atoms with Gasteiger partial charge in [0.1, 0.15) is 5.03 Å². The lowest BCUT2D eigenvalue weighted by Gasteiger charge is -2.08. The molecule has 5 aromatic rings. The van der Waals surface area contributed by atoms with Crippen LogP contribution in [0.1, 0.15) is 0 Å². The van der Waals surface area contributed by atoms with E-state index < -0.39 is 0 Å². The molecule has 0 aliphatic rings. The third-order valence-electron chi connectivity index (χ3n) is 4.86. The van der Waals surface area contributed by atoms with Crippen molar-refractivity contribution in [1.82, 2.24) is 34.7 Å². The number of para-hydroxylation sites is 1. The van der Waals surface area contributed by atoms with Crippen molar-refractivity contribution in [3.8, 4) is 11.4 Å². The van der Waals surface area contributed by atoms with Crippen molar-refractivity contribution in [3.63, 3.8) is 0 Å². The molecular weight excluding hydrogens is 410 g/mol. The van der Waals surface area contributed by atoms with Gasteiger partial charge in [0, 0.05) is 42.8 Å². The van der Waals surface area contributed by atoms with Crippen molar-refractivity contribution in [2.24, 2.45) is 0 Å². The molecule has 31 heavy (non-hydrogen) atoms. The summed E-state index contributed by atoms with van der Waals surface area (Å²) >= 11 is 1.38. The Hall–Kier alpha value is -3.72. The van der Waals surface area contributed by atoms with Gasteiger partial charge in [0.05, 0.1) is 5.75 Å². The Morgan fingerprint density at radius 2 is 1.97 bits per heavy atom. The molecule has 8 nitrogen and oxygen atoms in total. The van der Waals surface area contributed by atoms with E-state index in [2.05, 4.69) is 48.4 Å². The highest BCUT2D eigenvalue weighted by atomic mass is 32.2. The highest BCUT2D eigenvalue weighted by Crippen LogP contribution is 2.20. The highest BCUT2D eigenvalue weighted by Gasteiger charge is 2.11.